The van der Waals surface area contributed by atoms with Gasteiger partial charge in [0.05, 0.1) is 6.61 Å². The largest absolute Gasteiger partial charge is 0.494 e. The van der Waals surface area contributed by atoms with Gasteiger partial charge in [0.15, 0.2) is 0 Å². The van der Waals surface area contributed by atoms with Gasteiger partial charge >= 0.3 is 0 Å². The summed E-state index contributed by atoms with van der Waals surface area (Å²) in [5, 5.41) is 4.36. The molecule has 0 heterocycles. The molecule has 2 aromatic carbocycles. The summed E-state index contributed by atoms with van der Waals surface area (Å²) in [4.78, 5) is 12.4. The fourth-order valence-electron chi connectivity index (χ4n) is 3.34. The Labute approximate surface area is 173 Å². The van der Waals surface area contributed by atoms with Crippen LogP contribution in [0.15, 0.2) is 53.6 Å². The van der Waals surface area contributed by atoms with Crippen LogP contribution < -0.4 is 14.9 Å². The molecule has 5 heteroatoms. The summed E-state index contributed by atoms with van der Waals surface area (Å²) in [6.45, 7) is 3.05. The first-order valence-corrected chi connectivity index (χ1v) is 10.5. The predicted molar refractivity (Wildman–Crippen MR) is 116 cm³/mol. The zero-order valence-corrected chi connectivity index (χ0v) is 17.2. The molecule has 0 unspecified atom stereocenters. The van der Waals surface area contributed by atoms with E-state index in [9.17, 15) is 4.79 Å². The summed E-state index contributed by atoms with van der Waals surface area (Å²) < 4.78 is 11.2. The van der Waals surface area contributed by atoms with Gasteiger partial charge in [0.1, 0.15) is 18.1 Å². The smallest absolute Gasteiger partial charge is 0.271 e. The van der Waals surface area contributed by atoms with Crippen LogP contribution in [0.5, 0.6) is 11.5 Å². The maximum atomic E-state index is 12.4. The number of benzene rings is 2. The number of hydrogen-bond donors (Lipinski definition) is 1. The first kappa shape index (κ1) is 20.9. The third-order valence-electron chi connectivity index (χ3n) is 5.00. The molecule has 154 valence electrons. The Bertz CT molecular complexity index is 788. The van der Waals surface area contributed by atoms with E-state index >= 15 is 0 Å². The van der Waals surface area contributed by atoms with Gasteiger partial charge < -0.3 is 9.47 Å². The average Bonchev–Trinajstić information content (AvgIpc) is 2.73. The second-order valence-electron chi connectivity index (χ2n) is 7.28. The molecule has 2 aromatic rings. The zero-order valence-electron chi connectivity index (χ0n) is 17.2. The molecular formula is C24H30N2O3. The summed E-state index contributed by atoms with van der Waals surface area (Å²) >= 11 is 0. The van der Waals surface area contributed by atoms with Crippen molar-refractivity contribution >= 4 is 11.6 Å². The van der Waals surface area contributed by atoms with E-state index in [0.29, 0.717) is 18.8 Å². The van der Waals surface area contributed by atoms with E-state index in [0.717, 1.165) is 48.5 Å². The number of amides is 1. The van der Waals surface area contributed by atoms with Crippen molar-refractivity contribution in [3.8, 4) is 11.5 Å². The van der Waals surface area contributed by atoms with Crippen molar-refractivity contribution in [3.63, 3.8) is 0 Å². The van der Waals surface area contributed by atoms with Crippen LogP contribution in [-0.2, 0) is 6.61 Å². The molecule has 1 fully saturated rings. The monoisotopic (exact) mass is 394 g/mol. The number of carbonyl (C=O) groups excluding carboxylic acids is 1. The number of carbonyl (C=O) groups is 1. The van der Waals surface area contributed by atoms with E-state index in [4.69, 9.17) is 9.47 Å². The summed E-state index contributed by atoms with van der Waals surface area (Å²) in [7, 11) is 0. The van der Waals surface area contributed by atoms with Gasteiger partial charge in [0.25, 0.3) is 5.91 Å². The van der Waals surface area contributed by atoms with Crippen molar-refractivity contribution in [1.82, 2.24) is 5.43 Å². The van der Waals surface area contributed by atoms with Crippen molar-refractivity contribution < 1.29 is 14.3 Å². The number of nitrogens with one attached hydrogen (secondary N) is 1. The Morgan fingerprint density at radius 2 is 1.45 bits per heavy atom. The van der Waals surface area contributed by atoms with Crippen LogP contribution >= 0.6 is 0 Å². The summed E-state index contributed by atoms with van der Waals surface area (Å²) in [6.07, 6.45) is 8.13. The SMILES string of the molecule is CCOc1ccc(OCc2ccc(C(=O)NN=C3CCCCCCC3)cc2)cc1. The minimum absolute atomic E-state index is 0.168. The summed E-state index contributed by atoms with van der Waals surface area (Å²) in [6, 6.07) is 15.0. The lowest BCUT2D eigenvalue weighted by Gasteiger charge is -2.11. The fourth-order valence-corrected chi connectivity index (χ4v) is 3.34. The van der Waals surface area contributed by atoms with E-state index in [2.05, 4.69) is 10.5 Å². The topological polar surface area (TPSA) is 59.9 Å². The molecule has 0 aliphatic heterocycles. The van der Waals surface area contributed by atoms with Crippen LogP contribution in [0, 0.1) is 0 Å². The zero-order chi connectivity index (χ0) is 20.3. The average molecular weight is 395 g/mol. The van der Waals surface area contributed by atoms with E-state index in [-0.39, 0.29) is 5.91 Å². The Morgan fingerprint density at radius 1 is 0.862 bits per heavy atom. The number of hydrazone groups is 1. The van der Waals surface area contributed by atoms with Crippen LogP contribution in [0.3, 0.4) is 0 Å². The first-order valence-electron chi connectivity index (χ1n) is 10.5. The van der Waals surface area contributed by atoms with E-state index in [1.807, 2.05) is 55.5 Å². The van der Waals surface area contributed by atoms with Gasteiger partial charge in [-0.15, -0.1) is 0 Å². The van der Waals surface area contributed by atoms with Gasteiger partial charge in [0.2, 0.25) is 0 Å². The second kappa shape index (κ2) is 11.2. The Kier molecular flexibility index (Phi) is 8.11. The van der Waals surface area contributed by atoms with Crippen LogP contribution in [0.2, 0.25) is 0 Å². The number of ether oxygens (including phenoxy) is 2. The number of nitrogens with zero attached hydrogens (tertiary/aromatic N) is 1. The lowest BCUT2D eigenvalue weighted by atomic mass is 9.99. The second-order valence-corrected chi connectivity index (χ2v) is 7.28. The fraction of sp³-hybridized carbons (Fsp3) is 0.417. The van der Waals surface area contributed by atoms with Crippen LogP contribution in [0.1, 0.15) is 67.8 Å². The highest BCUT2D eigenvalue weighted by Crippen LogP contribution is 2.19. The molecule has 0 aromatic heterocycles. The molecule has 1 amide bonds. The lowest BCUT2D eigenvalue weighted by molar-refractivity contribution is 0.0954. The molecule has 0 spiro atoms. The van der Waals surface area contributed by atoms with Crippen molar-refractivity contribution in [3.05, 3.63) is 59.7 Å². The highest BCUT2D eigenvalue weighted by molar-refractivity contribution is 5.95. The molecule has 1 N–H and O–H groups in total. The minimum atomic E-state index is -0.168. The van der Waals surface area contributed by atoms with Crippen LogP contribution in [0.25, 0.3) is 0 Å². The van der Waals surface area contributed by atoms with Crippen molar-refractivity contribution in [2.75, 3.05) is 6.61 Å². The molecule has 5 nitrogen and oxygen atoms in total. The van der Waals surface area contributed by atoms with E-state index in [1.54, 1.807) is 0 Å². The molecule has 1 aliphatic carbocycles. The maximum Gasteiger partial charge on any atom is 0.271 e. The molecule has 1 aliphatic rings. The van der Waals surface area contributed by atoms with Gasteiger partial charge in [-0.3, -0.25) is 4.79 Å². The third kappa shape index (κ3) is 6.93. The minimum Gasteiger partial charge on any atom is -0.494 e. The molecule has 1 saturated carbocycles. The maximum absolute atomic E-state index is 12.4. The van der Waals surface area contributed by atoms with Gasteiger partial charge in [-0.05, 0) is 74.6 Å². The van der Waals surface area contributed by atoms with Crippen molar-refractivity contribution in [2.45, 2.75) is 58.5 Å². The van der Waals surface area contributed by atoms with E-state index < -0.39 is 0 Å². The number of hydrogen-bond acceptors (Lipinski definition) is 4. The number of rotatable bonds is 7. The lowest BCUT2D eigenvalue weighted by Crippen LogP contribution is -2.20. The molecule has 0 atom stereocenters. The molecular weight excluding hydrogens is 364 g/mol. The molecule has 0 radical (unpaired) electrons. The Hall–Kier alpha value is -2.82. The molecule has 29 heavy (non-hydrogen) atoms. The molecule has 3 rings (SSSR count). The molecule has 0 saturated heterocycles. The first-order chi connectivity index (χ1) is 14.2. The quantitative estimate of drug-likeness (QED) is 0.631. The van der Waals surface area contributed by atoms with Gasteiger partial charge in [0, 0.05) is 11.3 Å². The van der Waals surface area contributed by atoms with Gasteiger partial charge in [-0.1, -0.05) is 31.4 Å². The standard InChI is InChI=1S/C24H30N2O3/c1-2-28-22-14-16-23(17-15-22)29-18-19-10-12-20(13-11-19)24(27)26-25-21-8-6-4-3-5-7-9-21/h10-17H,2-9,18H2,1H3,(H,26,27). The Balaban J connectivity index is 1.49. The normalized spacial score (nSPS) is 14.4. The highest BCUT2D eigenvalue weighted by Gasteiger charge is 2.08. The predicted octanol–water partition coefficient (Wildman–Crippen LogP) is 5.49. The van der Waals surface area contributed by atoms with Crippen molar-refractivity contribution in [1.29, 1.82) is 0 Å². The highest BCUT2D eigenvalue weighted by atomic mass is 16.5. The Morgan fingerprint density at radius 3 is 2.07 bits per heavy atom. The summed E-state index contributed by atoms with van der Waals surface area (Å²) in [5.74, 6) is 1.45. The van der Waals surface area contributed by atoms with E-state index in [1.165, 1.54) is 19.3 Å². The van der Waals surface area contributed by atoms with Crippen LogP contribution in [-0.4, -0.2) is 18.2 Å². The van der Waals surface area contributed by atoms with Gasteiger partial charge in [-0.25, -0.2) is 5.43 Å². The third-order valence-corrected chi connectivity index (χ3v) is 5.00. The summed E-state index contributed by atoms with van der Waals surface area (Å²) in [5.41, 5.74) is 5.43. The molecule has 0 bridgehead atoms. The van der Waals surface area contributed by atoms with Crippen molar-refractivity contribution in [2.24, 2.45) is 5.10 Å². The van der Waals surface area contributed by atoms with Crippen LogP contribution in [0.4, 0.5) is 0 Å². The van der Waals surface area contributed by atoms with Gasteiger partial charge in [-0.2, -0.15) is 5.10 Å².